The van der Waals surface area contributed by atoms with Gasteiger partial charge in [0.1, 0.15) is 6.29 Å². The van der Waals surface area contributed by atoms with Crippen LogP contribution in [0.2, 0.25) is 0 Å². The molecular weight excluding hydrogens is 474 g/mol. The first-order chi connectivity index (χ1) is 17.8. The second kappa shape index (κ2) is 12.2. The van der Waals surface area contributed by atoms with Gasteiger partial charge >= 0.3 is 6.03 Å². The maximum Gasteiger partial charge on any atom is 0.320 e. The van der Waals surface area contributed by atoms with Crippen molar-refractivity contribution in [1.29, 1.82) is 0 Å². The van der Waals surface area contributed by atoms with E-state index in [2.05, 4.69) is 17.0 Å². The van der Waals surface area contributed by atoms with Gasteiger partial charge in [0.25, 0.3) is 6.43 Å². The highest BCUT2D eigenvalue weighted by Gasteiger charge is 2.47. The monoisotopic (exact) mass is 514 g/mol. The number of hydrogen-bond donors (Lipinski definition) is 1. The van der Waals surface area contributed by atoms with Crippen molar-refractivity contribution in [3.63, 3.8) is 0 Å². The fraction of sp³-hybridized carbons (Fsp3) is 0.586. The zero-order valence-corrected chi connectivity index (χ0v) is 21.8. The Bertz CT molecular complexity index is 977. The lowest BCUT2D eigenvalue weighted by molar-refractivity contribution is -0.104. The first kappa shape index (κ1) is 27.3. The van der Waals surface area contributed by atoms with Gasteiger partial charge in [-0.1, -0.05) is 43.2 Å². The van der Waals surface area contributed by atoms with Crippen LogP contribution in [0.1, 0.15) is 56.6 Å². The van der Waals surface area contributed by atoms with Gasteiger partial charge in [-0.3, -0.25) is 4.79 Å². The Morgan fingerprint density at radius 1 is 1.19 bits per heavy atom. The molecule has 2 N–H and O–H groups in total. The number of alkyl halides is 2. The molecule has 4 rings (SSSR count). The molecule has 3 aliphatic rings. The van der Waals surface area contributed by atoms with E-state index in [0.29, 0.717) is 25.3 Å². The molecule has 1 aromatic carbocycles. The average molecular weight is 515 g/mol. The summed E-state index contributed by atoms with van der Waals surface area (Å²) >= 11 is 0. The molecule has 0 aromatic heterocycles. The van der Waals surface area contributed by atoms with Crippen LogP contribution in [-0.4, -0.2) is 72.7 Å². The molecule has 202 valence electrons. The van der Waals surface area contributed by atoms with E-state index in [1.165, 1.54) is 6.08 Å². The van der Waals surface area contributed by atoms with Gasteiger partial charge < -0.3 is 20.4 Å². The third-order valence-corrected chi connectivity index (χ3v) is 8.60. The fourth-order valence-electron chi connectivity index (χ4n) is 6.60. The molecule has 1 aliphatic carbocycles. The van der Waals surface area contributed by atoms with Crippen molar-refractivity contribution in [2.75, 3.05) is 33.2 Å². The Morgan fingerprint density at radius 2 is 1.92 bits per heavy atom. The van der Waals surface area contributed by atoms with Crippen LogP contribution >= 0.6 is 0 Å². The molecule has 3 unspecified atom stereocenters. The van der Waals surface area contributed by atoms with Gasteiger partial charge in [0.15, 0.2) is 0 Å². The number of carbonyl (C=O) groups is 2. The lowest BCUT2D eigenvalue weighted by atomic mass is 9.69. The Morgan fingerprint density at radius 3 is 2.59 bits per heavy atom. The van der Waals surface area contributed by atoms with Crippen LogP contribution in [0.3, 0.4) is 0 Å². The van der Waals surface area contributed by atoms with Crippen LogP contribution in [-0.2, 0) is 4.79 Å². The van der Waals surface area contributed by atoms with E-state index in [9.17, 15) is 18.4 Å². The van der Waals surface area contributed by atoms with Gasteiger partial charge in [-0.15, -0.1) is 0 Å². The number of amides is 2. The molecule has 2 amide bonds. The number of likely N-dealkylation sites (tertiary alicyclic amines) is 2. The quantitative estimate of drug-likeness (QED) is 0.316. The Hall–Kier alpha value is -2.74. The maximum absolute atomic E-state index is 13.9. The van der Waals surface area contributed by atoms with E-state index in [4.69, 9.17) is 5.73 Å². The van der Waals surface area contributed by atoms with Gasteiger partial charge in [-0.05, 0) is 67.4 Å². The topological polar surface area (TPSA) is 69.9 Å². The molecule has 3 fully saturated rings. The summed E-state index contributed by atoms with van der Waals surface area (Å²) in [6, 6.07) is 10.4. The number of aldehydes is 1. The Kier molecular flexibility index (Phi) is 9.00. The van der Waals surface area contributed by atoms with Gasteiger partial charge in [0.05, 0.1) is 6.04 Å². The highest BCUT2D eigenvalue weighted by molar-refractivity contribution is 5.75. The van der Waals surface area contributed by atoms with Crippen LogP contribution in [0.4, 0.5) is 13.6 Å². The van der Waals surface area contributed by atoms with E-state index >= 15 is 0 Å². The van der Waals surface area contributed by atoms with Crippen molar-refractivity contribution in [3.8, 4) is 0 Å². The second-order valence-corrected chi connectivity index (χ2v) is 11.0. The van der Waals surface area contributed by atoms with E-state index in [0.717, 1.165) is 69.7 Å². The molecule has 1 aromatic rings. The fourth-order valence-corrected chi connectivity index (χ4v) is 6.60. The molecule has 2 saturated heterocycles. The zero-order chi connectivity index (χ0) is 26.4. The van der Waals surface area contributed by atoms with Crippen LogP contribution in [0, 0.1) is 11.3 Å². The van der Waals surface area contributed by atoms with Crippen LogP contribution < -0.4 is 5.73 Å². The van der Waals surface area contributed by atoms with E-state index in [-0.39, 0.29) is 29.1 Å². The molecule has 1 saturated carbocycles. The van der Waals surface area contributed by atoms with Gasteiger partial charge in [-0.2, -0.15) is 0 Å². The summed E-state index contributed by atoms with van der Waals surface area (Å²) in [5.74, 6) is 0.374. The third kappa shape index (κ3) is 6.40. The molecule has 0 bridgehead atoms. The number of rotatable bonds is 7. The standard InChI is InChI=1S/C29H40F2N4O2/c1-33(15-9-23(12-18-36)27(30)31)20-24-10-16-34(21-29(24)13-5-6-14-29)28(37)35-17-11-25(32)19-26(35)22-7-3-2-4-8-22/h2-4,7-9,12,15,18,24-27H,5-6,10-11,13-14,16-17,19-21,32H2,1H3/b15-9-,23-12+. The molecule has 1 spiro atoms. The van der Waals surface area contributed by atoms with Crippen molar-refractivity contribution in [2.24, 2.45) is 17.1 Å². The highest BCUT2D eigenvalue weighted by atomic mass is 19.3. The average Bonchev–Trinajstić information content (AvgIpc) is 3.36. The number of nitrogens with two attached hydrogens (primary N) is 1. The van der Waals surface area contributed by atoms with Crippen molar-refractivity contribution in [1.82, 2.24) is 14.7 Å². The number of nitrogens with zero attached hydrogens (tertiary/aromatic N) is 3. The van der Waals surface area contributed by atoms with Crippen LogP contribution in [0.5, 0.6) is 0 Å². The number of hydrogen-bond acceptors (Lipinski definition) is 4. The molecule has 2 aliphatic heterocycles. The van der Waals surface area contributed by atoms with Crippen LogP contribution in [0.15, 0.2) is 54.3 Å². The minimum absolute atomic E-state index is 0.00516. The zero-order valence-electron chi connectivity index (χ0n) is 21.8. The second-order valence-electron chi connectivity index (χ2n) is 11.0. The summed E-state index contributed by atoms with van der Waals surface area (Å²) < 4.78 is 26.2. The lowest BCUT2D eigenvalue weighted by Crippen LogP contribution is -2.57. The summed E-state index contributed by atoms with van der Waals surface area (Å²) in [4.78, 5) is 30.6. The molecule has 6 nitrogen and oxygen atoms in total. The van der Waals surface area contributed by atoms with Crippen molar-refractivity contribution in [2.45, 2.75) is 63.5 Å². The molecule has 2 heterocycles. The van der Waals surface area contributed by atoms with Gasteiger partial charge in [0.2, 0.25) is 0 Å². The first-order valence-corrected chi connectivity index (χ1v) is 13.5. The predicted molar refractivity (Wildman–Crippen MR) is 141 cm³/mol. The summed E-state index contributed by atoms with van der Waals surface area (Å²) in [7, 11) is 1.89. The summed E-state index contributed by atoms with van der Waals surface area (Å²) in [6.07, 6.45) is 8.53. The van der Waals surface area contributed by atoms with Crippen molar-refractivity contribution < 1.29 is 18.4 Å². The Labute approximate surface area is 219 Å². The number of halogens is 2. The lowest BCUT2D eigenvalue weighted by Gasteiger charge is -2.50. The number of urea groups is 1. The number of benzene rings is 1. The normalized spacial score (nSPS) is 26.3. The largest absolute Gasteiger partial charge is 0.380 e. The van der Waals surface area contributed by atoms with Gasteiger partial charge in [-0.25, -0.2) is 13.6 Å². The van der Waals surface area contributed by atoms with Gasteiger partial charge in [0, 0.05) is 44.8 Å². The molecular formula is C29H40F2N4O2. The Balaban J connectivity index is 1.46. The van der Waals surface area contributed by atoms with Crippen molar-refractivity contribution >= 4 is 12.3 Å². The summed E-state index contributed by atoms with van der Waals surface area (Å²) in [5.41, 5.74) is 7.22. The van der Waals surface area contributed by atoms with Crippen molar-refractivity contribution in [3.05, 3.63) is 59.8 Å². The minimum atomic E-state index is -2.69. The molecule has 3 atom stereocenters. The summed E-state index contributed by atoms with van der Waals surface area (Å²) in [5, 5.41) is 0. The predicted octanol–water partition coefficient (Wildman–Crippen LogP) is 4.99. The number of piperidine rings is 2. The third-order valence-electron chi connectivity index (χ3n) is 8.60. The SMILES string of the molecule is CN(/C=C\C(=C/C=O)C(F)F)CC1CCN(C(=O)N2CCC(N)CC2c2ccccc2)CC12CCCC2. The molecule has 0 radical (unpaired) electrons. The maximum atomic E-state index is 13.9. The molecule has 8 heteroatoms. The number of carbonyl (C=O) groups excluding carboxylic acids is 2. The highest BCUT2D eigenvalue weighted by Crippen LogP contribution is 2.49. The minimum Gasteiger partial charge on any atom is -0.380 e. The molecule has 37 heavy (non-hydrogen) atoms. The number of allylic oxidation sites excluding steroid dienone is 3. The van der Waals surface area contributed by atoms with E-state index < -0.39 is 6.43 Å². The smallest absolute Gasteiger partial charge is 0.320 e. The van der Waals surface area contributed by atoms with E-state index in [1.807, 2.05) is 35.0 Å². The summed E-state index contributed by atoms with van der Waals surface area (Å²) in [6.45, 7) is 2.84. The van der Waals surface area contributed by atoms with Crippen LogP contribution in [0.25, 0.3) is 0 Å². The van der Waals surface area contributed by atoms with E-state index in [1.54, 1.807) is 6.20 Å². The first-order valence-electron chi connectivity index (χ1n) is 13.5.